The third-order valence-electron chi connectivity index (χ3n) is 5.01. The van der Waals surface area contributed by atoms with Crippen molar-refractivity contribution in [3.63, 3.8) is 0 Å². The van der Waals surface area contributed by atoms with Gasteiger partial charge in [-0.3, -0.25) is 0 Å². The largest absolute Gasteiger partial charge is 0.393 e. The van der Waals surface area contributed by atoms with Crippen LogP contribution in [0.5, 0.6) is 0 Å². The molecule has 0 aromatic heterocycles. The molecule has 0 saturated heterocycles. The summed E-state index contributed by atoms with van der Waals surface area (Å²) in [4.78, 5) is 0. The number of aliphatic hydroxyl groups is 1. The zero-order chi connectivity index (χ0) is 14.0. The van der Waals surface area contributed by atoms with Crippen LogP contribution in [-0.2, 0) is 4.74 Å². The first-order chi connectivity index (χ1) is 8.18. The summed E-state index contributed by atoms with van der Waals surface area (Å²) in [5.41, 5.74) is 0.152. The van der Waals surface area contributed by atoms with E-state index in [1.54, 1.807) is 7.11 Å². The van der Waals surface area contributed by atoms with E-state index in [4.69, 9.17) is 4.74 Å². The van der Waals surface area contributed by atoms with Gasteiger partial charge in [-0.25, -0.2) is 0 Å². The molecule has 1 aliphatic carbocycles. The second-order valence-corrected chi connectivity index (χ2v) is 7.54. The maximum Gasteiger partial charge on any atom is 0.0623 e. The molecule has 0 heterocycles. The number of aliphatic hydroxyl groups excluding tert-OH is 1. The fraction of sp³-hybridized carbons (Fsp3) is 1.00. The molecule has 1 saturated carbocycles. The van der Waals surface area contributed by atoms with Gasteiger partial charge in [0.05, 0.1) is 11.7 Å². The molecule has 1 aliphatic rings. The molecule has 1 fully saturated rings. The van der Waals surface area contributed by atoms with E-state index < -0.39 is 0 Å². The van der Waals surface area contributed by atoms with Crippen molar-refractivity contribution in [2.24, 2.45) is 17.3 Å². The van der Waals surface area contributed by atoms with E-state index in [1.165, 1.54) is 12.8 Å². The Morgan fingerprint density at radius 2 is 1.72 bits per heavy atom. The molecular weight excluding hydrogens is 224 g/mol. The normalized spacial score (nSPS) is 30.5. The van der Waals surface area contributed by atoms with E-state index in [0.717, 1.165) is 19.3 Å². The highest BCUT2D eigenvalue weighted by molar-refractivity contribution is 4.89. The van der Waals surface area contributed by atoms with Crippen LogP contribution in [0.1, 0.15) is 66.7 Å². The summed E-state index contributed by atoms with van der Waals surface area (Å²) in [6, 6.07) is 0. The Balaban J connectivity index is 2.57. The quantitative estimate of drug-likeness (QED) is 0.805. The first-order valence-corrected chi connectivity index (χ1v) is 7.41. The fourth-order valence-corrected chi connectivity index (χ4v) is 3.17. The van der Waals surface area contributed by atoms with E-state index in [2.05, 4.69) is 34.6 Å². The van der Waals surface area contributed by atoms with Gasteiger partial charge in [0.1, 0.15) is 0 Å². The minimum Gasteiger partial charge on any atom is -0.393 e. The molecule has 0 amide bonds. The maximum atomic E-state index is 10.3. The van der Waals surface area contributed by atoms with Crippen LogP contribution in [0.2, 0.25) is 0 Å². The molecule has 0 radical (unpaired) electrons. The Bertz CT molecular complexity index is 258. The van der Waals surface area contributed by atoms with Gasteiger partial charge in [-0.1, -0.05) is 27.2 Å². The highest BCUT2D eigenvalue weighted by atomic mass is 16.5. The Kier molecular flexibility index (Phi) is 5.25. The fourth-order valence-electron chi connectivity index (χ4n) is 3.17. The molecule has 0 spiro atoms. The van der Waals surface area contributed by atoms with E-state index in [0.29, 0.717) is 11.8 Å². The van der Waals surface area contributed by atoms with E-state index in [1.807, 2.05) is 0 Å². The van der Waals surface area contributed by atoms with Crippen LogP contribution in [0.25, 0.3) is 0 Å². The SMILES string of the molecule is COC(C)(C)CCC(C)(C)C1CCC(C)CC1O. The van der Waals surface area contributed by atoms with Gasteiger partial charge in [-0.05, 0) is 56.8 Å². The average Bonchev–Trinajstić information content (AvgIpc) is 2.26. The first-order valence-electron chi connectivity index (χ1n) is 7.41. The van der Waals surface area contributed by atoms with Crippen LogP contribution < -0.4 is 0 Å². The Labute approximate surface area is 113 Å². The molecule has 1 N–H and O–H groups in total. The minimum absolute atomic E-state index is 0.0514. The lowest BCUT2D eigenvalue weighted by molar-refractivity contribution is -0.0368. The molecule has 3 atom stereocenters. The van der Waals surface area contributed by atoms with Crippen molar-refractivity contribution in [3.8, 4) is 0 Å². The molecule has 0 aliphatic heterocycles. The number of hydrogen-bond donors (Lipinski definition) is 1. The van der Waals surface area contributed by atoms with Gasteiger partial charge < -0.3 is 9.84 Å². The van der Waals surface area contributed by atoms with Crippen molar-refractivity contribution in [2.45, 2.75) is 78.4 Å². The van der Waals surface area contributed by atoms with Crippen LogP contribution in [0, 0.1) is 17.3 Å². The van der Waals surface area contributed by atoms with Crippen molar-refractivity contribution in [2.75, 3.05) is 7.11 Å². The van der Waals surface area contributed by atoms with Crippen LogP contribution >= 0.6 is 0 Å². The van der Waals surface area contributed by atoms with Gasteiger partial charge in [-0.2, -0.15) is 0 Å². The van der Waals surface area contributed by atoms with Crippen LogP contribution in [0.15, 0.2) is 0 Å². The van der Waals surface area contributed by atoms with Crippen molar-refractivity contribution >= 4 is 0 Å². The van der Waals surface area contributed by atoms with Crippen molar-refractivity contribution in [1.29, 1.82) is 0 Å². The molecule has 0 aromatic carbocycles. The monoisotopic (exact) mass is 256 g/mol. The Morgan fingerprint density at radius 3 is 2.22 bits per heavy atom. The van der Waals surface area contributed by atoms with Crippen molar-refractivity contribution < 1.29 is 9.84 Å². The summed E-state index contributed by atoms with van der Waals surface area (Å²) < 4.78 is 5.50. The Morgan fingerprint density at radius 1 is 1.11 bits per heavy atom. The second-order valence-electron chi connectivity index (χ2n) is 7.54. The minimum atomic E-state index is -0.116. The lowest BCUT2D eigenvalue weighted by Crippen LogP contribution is -2.39. The van der Waals surface area contributed by atoms with Crippen LogP contribution in [-0.4, -0.2) is 23.9 Å². The summed E-state index contributed by atoms with van der Waals surface area (Å²) in [7, 11) is 1.78. The number of ether oxygens (including phenoxy) is 1. The number of hydrogen-bond acceptors (Lipinski definition) is 2. The predicted octanol–water partition coefficient (Wildman–Crippen LogP) is 4.01. The lowest BCUT2D eigenvalue weighted by atomic mass is 9.65. The molecule has 2 heteroatoms. The summed E-state index contributed by atoms with van der Waals surface area (Å²) >= 11 is 0. The summed E-state index contributed by atoms with van der Waals surface area (Å²) in [5.74, 6) is 1.13. The standard InChI is InChI=1S/C16H32O2/c1-12-7-8-13(14(17)11-12)15(2,3)9-10-16(4,5)18-6/h12-14,17H,7-11H2,1-6H3. The predicted molar refractivity (Wildman–Crippen MR) is 76.6 cm³/mol. The zero-order valence-corrected chi connectivity index (χ0v) is 13.1. The topological polar surface area (TPSA) is 29.5 Å². The van der Waals surface area contributed by atoms with Crippen LogP contribution in [0.3, 0.4) is 0 Å². The number of rotatable bonds is 5. The third-order valence-corrected chi connectivity index (χ3v) is 5.01. The van der Waals surface area contributed by atoms with Crippen molar-refractivity contribution in [3.05, 3.63) is 0 Å². The van der Waals surface area contributed by atoms with Gasteiger partial charge in [0.2, 0.25) is 0 Å². The van der Waals surface area contributed by atoms with E-state index in [-0.39, 0.29) is 17.1 Å². The molecule has 0 bridgehead atoms. The molecule has 3 unspecified atom stereocenters. The van der Waals surface area contributed by atoms with E-state index >= 15 is 0 Å². The highest BCUT2D eigenvalue weighted by Gasteiger charge is 2.38. The third kappa shape index (κ3) is 4.24. The summed E-state index contributed by atoms with van der Waals surface area (Å²) in [6.07, 6.45) is 5.46. The molecule has 1 rings (SSSR count). The smallest absolute Gasteiger partial charge is 0.0623 e. The molecular formula is C16H32O2. The van der Waals surface area contributed by atoms with Gasteiger partial charge in [0.25, 0.3) is 0 Å². The Hall–Kier alpha value is -0.0800. The van der Waals surface area contributed by atoms with Gasteiger partial charge in [0, 0.05) is 7.11 Å². The lowest BCUT2D eigenvalue weighted by Gasteiger charge is -2.43. The molecule has 108 valence electrons. The van der Waals surface area contributed by atoms with Crippen LogP contribution in [0.4, 0.5) is 0 Å². The van der Waals surface area contributed by atoms with Gasteiger partial charge in [0.15, 0.2) is 0 Å². The van der Waals surface area contributed by atoms with Gasteiger partial charge in [-0.15, -0.1) is 0 Å². The number of methoxy groups -OCH3 is 1. The van der Waals surface area contributed by atoms with E-state index in [9.17, 15) is 5.11 Å². The highest BCUT2D eigenvalue weighted by Crippen LogP contribution is 2.43. The maximum absolute atomic E-state index is 10.3. The van der Waals surface area contributed by atoms with Crippen molar-refractivity contribution in [1.82, 2.24) is 0 Å². The van der Waals surface area contributed by atoms with Gasteiger partial charge >= 0.3 is 0 Å². The summed E-state index contributed by atoms with van der Waals surface area (Å²) in [5, 5.41) is 10.3. The first kappa shape index (κ1) is 16.0. The molecule has 0 aromatic rings. The second kappa shape index (κ2) is 5.92. The molecule has 2 nitrogen and oxygen atoms in total. The summed E-state index contributed by atoms with van der Waals surface area (Å²) in [6.45, 7) is 11.1. The zero-order valence-electron chi connectivity index (χ0n) is 13.1. The molecule has 18 heavy (non-hydrogen) atoms. The average molecular weight is 256 g/mol.